The number of aliphatic hydroxyl groups excluding tert-OH is 1. The summed E-state index contributed by atoms with van der Waals surface area (Å²) in [5, 5.41) is 14.9. The van der Waals surface area contributed by atoms with E-state index in [4.69, 9.17) is 5.11 Å². The van der Waals surface area contributed by atoms with Crippen molar-refractivity contribution in [2.75, 3.05) is 25.0 Å². The van der Waals surface area contributed by atoms with E-state index in [0.29, 0.717) is 24.3 Å². The molecule has 1 heterocycles. The third-order valence-electron chi connectivity index (χ3n) is 2.74. The molecule has 2 rings (SSSR count). The second-order valence-corrected chi connectivity index (χ2v) is 4.40. The second-order valence-electron chi connectivity index (χ2n) is 4.40. The van der Waals surface area contributed by atoms with Crippen molar-refractivity contribution in [1.82, 2.24) is 5.32 Å². The predicted molar refractivity (Wildman–Crippen MR) is 70.6 cm³/mol. The maximum Gasteiger partial charge on any atom is 0.185 e. The first-order valence-corrected chi connectivity index (χ1v) is 6.07. The van der Waals surface area contributed by atoms with Crippen LogP contribution in [-0.2, 0) is 0 Å². The summed E-state index contributed by atoms with van der Waals surface area (Å²) in [5.41, 5.74) is 1.11. The Labute approximate surface area is 111 Å². The average Bonchev–Trinajstić information content (AvgIpc) is 2.73. The van der Waals surface area contributed by atoms with Crippen LogP contribution >= 0.6 is 0 Å². The molecule has 0 saturated heterocycles. The molecule has 5 heteroatoms. The summed E-state index contributed by atoms with van der Waals surface area (Å²) in [4.78, 5) is 11.7. The maximum atomic E-state index is 13.7. The molecule has 0 saturated carbocycles. The molecule has 0 fully saturated rings. The van der Waals surface area contributed by atoms with Crippen LogP contribution < -0.4 is 10.6 Å². The number of anilines is 1. The molecule has 1 aromatic rings. The first kappa shape index (κ1) is 13.5. The molecule has 19 heavy (non-hydrogen) atoms. The minimum Gasteiger partial charge on any atom is -0.392 e. The van der Waals surface area contributed by atoms with Gasteiger partial charge in [-0.2, -0.15) is 0 Å². The molecule has 0 aromatic heterocycles. The van der Waals surface area contributed by atoms with Crippen LogP contribution in [0.3, 0.4) is 0 Å². The third-order valence-corrected chi connectivity index (χ3v) is 2.74. The summed E-state index contributed by atoms with van der Waals surface area (Å²) >= 11 is 0. The van der Waals surface area contributed by atoms with Gasteiger partial charge < -0.3 is 15.7 Å². The molecule has 0 amide bonds. The molecule has 3 N–H and O–H groups in total. The van der Waals surface area contributed by atoms with Crippen molar-refractivity contribution in [2.45, 2.75) is 13.0 Å². The fraction of sp³-hybridized carbons (Fsp3) is 0.357. The highest BCUT2D eigenvalue weighted by Crippen LogP contribution is 2.26. The van der Waals surface area contributed by atoms with Crippen molar-refractivity contribution < 1.29 is 14.3 Å². The Kier molecular flexibility index (Phi) is 4.15. The number of carbonyl (C=O) groups excluding carboxylic acids is 1. The number of hydrogen-bond donors (Lipinski definition) is 3. The molecule has 1 aromatic carbocycles. The second kappa shape index (κ2) is 5.83. The van der Waals surface area contributed by atoms with Gasteiger partial charge in [0.25, 0.3) is 0 Å². The molecule has 0 aliphatic carbocycles. The first-order chi connectivity index (χ1) is 9.09. The summed E-state index contributed by atoms with van der Waals surface area (Å²) in [7, 11) is 0. The van der Waals surface area contributed by atoms with Gasteiger partial charge in [-0.1, -0.05) is 11.8 Å². The number of nitrogens with one attached hydrogen (secondary N) is 2. The van der Waals surface area contributed by atoms with Gasteiger partial charge in [-0.3, -0.25) is 4.79 Å². The van der Waals surface area contributed by atoms with Gasteiger partial charge in [-0.15, -0.1) is 0 Å². The normalized spacial score (nSPS) is 14.4. The van der Waals surface area contributed by atoms with Crippen molar-refractivity contribution in [1.29, 1.82) is 0 Å². The Bertz CT molecular complexity index is 559. The molecule has 1 aliphatic rings. The summed E-state index contributed by atoms with van der Waals surface area (Å²) in [5.74, 6) is 4.81. The number of ketones is 1. The molecule has 1 unspecified atom stereocenters. The van der Waals surface area contributed by atoms with E-state index in [1.165, 1.54) is 6.07 Å². The van der Waals surface area contributed by atoms with E-state index in [9.17, 15) is 9.18 Å². The number of hydrogen-bond acceptors (Lipinski definition) is 4. The largest absolute Gasteiger partial charge is 0.392 e. The number of fused-ring (bicyclic) bond motifs is 1. The Hall–Kier alpha value is -1.90. The van der Waals surface area contributed by atoms with Crippen LogP contribution in [0.2, 0.25) is 0 Å². The van der Waals surface area contributed by atoms with Crippen molar-refractivity contribution in [3.05, 3.63) is 29.1 Å². The molecule has 1 atom stereocenters. The summed E-state index contributed by atoms with van der Waals surface area (Å²) in [6.45, 7) is 2.60. The lowest BCUT2D eigenvalue weighted by atomic mass is 10.0. The van der Waals surface area contributed by atoms with Crippen LogP contribution in [0.15, 0.2) is 12.1 Å². The molecule has 0 radical (unpaired) electrons. The van der Waals surface area contributed by atoms with Crippen molar-refractivity contribution in [3.8, 4) is 11.8 Å². The molecule has 100 valence electrons. The van der Waals surface area contributed by atoms with E-state index in [1.54, 1.807) is 13.0 Å². The number of Topliss-reactive ketones (excluding diaryl/α,β-unsaturated/α-hetero) is 1. The standard InChI is InChI=1S/C14H15FN2O2/c1-9(18)7-16-6-2-3-10-11(15)4-5-12-14(10)13(19)8-17-12/h4-5,9,16-18H,6-8H2,1H3. The lowest BCUT2D eigenvalue weighted by molar-refractivity contribution is 0.101. The smallest absolute Gasteiger partial charge is 0.185 e. The highest BCUT2D eigenvalue weighted by Gasteiger charge is 2.24. The number of aliphatic hydroxyl groups is 1. The average molecular weight is 262 g/mol. The van der Waals surface area contributed by atoms with E-state index in [-0.39, 0.29) is 17.9 Å². The molecular weight excluding hydrogens is 247 g/mol. The van der Waals surface area contributed by atoms with E-state index in [2.05, 4.69) is 22.5 Å². The Morgan fingerprint density at radius 2 is 2.37 bits per heavy atom. The number of carbonyl (C=O) groups is 1. The van der Waals surface area contributed by atoms with Gasteiger partial charge in [0.15, 0.2) is 5.78 Å². The SMILES string of the molecule is CC(O)CNCC#Cc1c(F)ccc2c1C(=O)CN2. The summed E-state index contributed by atoms with van der Waals surface area (Å²) < 4.78 is 13.7. The summed E-state index contributed by atoms with van der Waals surface area (Å²) in [6, 6.07) is 2.85. The molecule has 0 spiro atoms. The number of benzene rings is 1. The van der Waals surface area contributed by atoms with Crippen LogP contribution in [0.25, 0.3) is 0 Å². The topological polar surface area (TPSA) is 61.4 Å². The fourth-order valence-corrected chi connectivity index (χ4v) is 1.88. The summed E-state index contributed by atoms with van der Waals surface area (Å²) in [6.07, 6.45) is -0.453. The van der Waals surface area contributed by atoms with Crippen LogP contribution in [0.4, 0.5) is 10.1 Å². The fourth-order valence-electron chi connectivity index (χ4n) is 1.88. The van der Waals surface area contributed by atoms with Crippen molar-refractivity contribution >= 4 is 11.5 Å². The minimum atomic E-state index is -0.487. The molecule has 1 aliphatic heterocycles. The van der Waals surface area contributed by atoms with Gasteiger partial charge >= 0.3 is 0 Å². The molecule has 4 nitrogen and oxygen atoms in total. The Morgan fingerprint density at radius 1 is 1.58 bits per heavy atom. The van der Waals surface area contributed by atoms with Crippen LogP contribution in [-0.4, -0.2) is 36.6 Å². The monoisotopic (exact) mass is 262 g/mol. The first-order valence-electron chi connectivity index (χ1n) is 6.07. The lowest BCUT2D eigenvalue weighted by Crippen LogP contribution is -2.24. The zero-order valence-corrected chi connectivity index (χ0v) is 10.6. The van der Waals surface area contributed by atoms with Gasteiger partial charge in [0.1, 0.15) is 5.82 Å². The Morgan fingerprint density at radius 3 is 3.11 bits per heavy atom. The van der Waals surface area contributed by atoms with Crippen molar-refractivity contribution in [2.24, 2.45) is 0 Å². The van der Waals surface area contributed by atoms with Gasteiger partial charge in [-0.05, 0) is 19.1 Å². The quantitative estimate of drug-likeness (QED) is 0.556. The van der Waals surface area contributed by atoms with Crippen LogP contribution in [0.5, 0.6) is 0 Å². The zero-order chi connectivity index (χ0) is 13.8. The predicted octanol–water partition coefficient (Wildman–Crippen LogP) is 0.756. The van der Waals surface area contributed by atoms with E-state index in [1.807, 2.05) is 0 Å². The van der Waals surface area contributed by atoms with Gasteiger partial charge in [0.05, 0.1) is 30.3 Å². The lowest BCUT2D eigenvalue weighted by Gasteiger charge is -2.03. The molecular formula is C14H15FN2O2. The third kappa shape index (κ3) is 3.11. The van der Waals surface area contributed by atoms with E-state index in [0.717, 1.165) is 0 Å². The number of rotatable bonds is 3. The van der Waals surface area contributed by atoms with Gasteiger partial charge in [0, 0.05) is 12.2 Å². The number of halogens is 1. The Balaban J connectivity index is 2.15. The highest BCUT2D eigenvalue weighted by molar-refractivity contribution is 6.09. The van der Waals surface area contributed by atoms with Gasteiger partial charge in [-0.25, -0.2) is 4.39 Å². The van der Waals surface area contributed by atoms with Crippen molar-refractivity contribution in [3.63, 3.8) is 0 Å². The van der Waals surface area contributed by atoms with Crippen LogP contribution in [0.1, 0.15) is 22.8 Å². The highest BCUT2D eigenvalue weighted by atomic mass is 19.1. The van der Waals surface area contributed by atoms with E-state index < -0.39 is 11.9 Å². The molecule has 0 bridgehead atoms. The zero-order valence-electron chi connectivity index (χ0n) is 10.6. The van der Waals surface area contributed by atoms with Gasteiger partial charge in [0.2, 0.25) is 0 Å². The van der Waals surface area contributed by atoms with Crippen LogP contribution in [0, 0.1) is 17.7 Å². The maximum absolute atomic E-state index is 13.7. The minimum absolute atomic E-state index is 0.143. The van der Waals surface area contributed by atoms with E-state index >= 15 is 0 Å².